The van der Waals surface area contributed by atoms with E-state index in [1.54, 1.807) is 12.1 Å². The minimum atomic E-state index is -2.57. The van der Waals surface area contributed by atoms with Gasteiger partial charge in [-0.3, -0.25) is 0 Å². The van der Waals surface area contributed by atoms with Gasteiger partial charge in [-0.2, -0.15) is 0 Å². The lowest BCUT2D eigenvalue weighted by atomic mass is 9.83. The number of carboxylic acid groups (broad SMARTS) is 1. The molecule has 7 heteroatoms. The third-order valence-corrected chi connectivity index (χ3v) is 7.00. The molecule has 1 aromatic carbocycles. The van der Waals surface area contributed by atoms with Crippen LogP contribution in [-0.4, -0.2) is 45.8 Å². The summed E-state index contributed by atoms with van der Waals surface area (Å²) in [6, 6.07) is 5.37. The maximum absolute atomic E-state index is 13.1. The monoisotopic (exact) mass is 494 g/mol. The molecule has 1 aliphatic rings. The van der Waals surface area contributed by atoms with Gasteiger partial charge in [-0.1, -0.05) is 58.8 Å². The number of carboxylic acids is 1. The van der Waals surface area contributed by atoms with Crippen LogP contribution in [0.1, 0.15) is 107 Å². The number of halogens is 2. The number of aromatic nitrogens is 1. The third-order valence-electron chi connectivity index (χ3n) is 7.00. The molecular weight excluding hydrogens is 450 g/mol. The predicted octanol–water partition coefficient (Wildman–Crippen LogP) is 7.09. The standard InChI is InChI=1S/C17H33F2NO.C11H11NO2/c1-2-3-4-5-6-7-8-9-14-20-15-16(21)10-12-17(18,19)13-11-16;1-2-7-8-5-6-12-10(8)4-3-9(7)11(13)14/h20-21H,2-15H2,1H3;3-6,12H,2H2,1H3,(H,13,14). The first-order valence-corrected chi connectivity index (χ1v) is 13.3. The first-order chi connectivity index (χ1) is 16.7. The predicted molar refractivity (Wildman–Crippen MR) is 138 cm³/mol. The highest BCUT2D eigenvalue weighted by Crippen LogP contribution is 2.38. The molecule has 4 N–H and O–H groups in total. The summed E-state index contributed by atoms with van der Waals surface area (Å²) in [6.07, 6.45) is 12.9. The topological polar surface area (TPSA) is 85.3 Å². The average molecular weight is 495 g/mol. The summed E-state index contributed by atoms with van der Waals surface area (Å²) in [5.41, 5.74) is 1.38. The molecule has 0 aliphatic heterocycles. The van der Waals surface area contributed by atoms with Crippen LogP contribution in [0.5, 0.6) is 0 Å². The van der Waals surface area contributed by atoms with Crippen molar-refractivity contribution in [3.63, 3.8) is 0 Å². The van der Waals surface area contributed by atoms with E-state index < -0.39 is 17.5 Å². The fraction of sp³-hybridized carbons (Fsp3) is 0.679. The molecule has 0 saturated heterocycles. The fourth-order valence-corrected chi connectivity index (χ4v) is 4.74. The lowest BCUT2D eigenvalue weighted by molar-refractivity contribution is -0.102. The molecule has 3 rings (SSSR count). The number of alkyl halides is 2. The van der Waals surface area contributed by atoms with Crippen LogP contribution in [0, 0.1) is 0 Å². The number of H-pyrrole nitrogens is 1. The summed E-state index contributed by atoms with van der Waals surface area (Å²) in [5, 5.41) is 23.5. The highest BCUT2D eigenvalue weighted by Gasteiger charge is 2.41. The Morgan fingerprint density at radius 2 is 1.60 bits per heavy atom. The van der Waals surface area contributed by atoms with Crippen molar-refractivity contribution < 1.29 is 23.8 Å². The Hall–Kier alpha value is -1.99. The van der Waals surface area contributed by atoms with E-state index in [0.717, 1.165) is 35.9 Å². The normalized spacial score (nSPS) is 16.6. The van der Waals surface area contributed by atoms with Gasteiger partial charge in [0.2, 0.25) is 5.92 Å². The Morgan fingerprint density at radius 3 is 2.20 bits per heavy atom. The number of benzene rings is 1. The zero-order valence-corrected chi connectivity index (χ0v) is 21.5. The number of carbonyl (C=O) groups is 1. The van der Waals surface area contributed by atoms with E-state index in [1.165, 1.54) is 44.9 Å². The molecule has 0 unspecified atom stereocenters. The number of rotatable bonds is 13. The van der Waals surface area contributed by atoms with Gasteiger partial charge in [-0.25, -0.2) is 13.6 Å². The molecule has 1 aliphatic carbocycles. The molecule has 0 bridgehead atoms. The number of aromatic amines is 1. The van der Waals surface area contributed by atoms with Crippen LogP contribution in [0.25, 0.3) is 10.9 Å². The molecule has 198 valence electrons. The van der Waals surface area contributed by atoms with Crippen molar-refractivity contribution in [2.45, 2.75) is 109 Å². The van der Waals surface area contributed by atoms with E-state index in [9.17, 15) is 18.7 Å². The third kappa shape index (κ3) is 9.88. The summed E-state index contributed by atoms with van der Waals surface area (Å²) >= 11 is 0. The second-order valence-corrected chi connectivity index (χ2v) is 9.92. The molecule has 2 aromatic rings. The molecule has 5 nitrogen and oxygen atoms in total. The molecule has 0 spiro atoms. The number of unbranched alkanes of at least 4 members (excludes halogenated alkanes) is 7. The van der Waals surface area contributed by atoms with Crippen molar-refractivity contribution in [3.8, 4) is 0 Å². The number of aromatic carboxylic acids is 1. The lowest BCUT2D eigenvalue weighted by Gasteiger charge is -2.36. The Kier molecular flexibility index (Phi) is 12.1. The summed E-state index contributed by atoms with van der Waals surface area (Å²) in [6.45, 7) is 5.54. The number of hydrogen-bond acceptors (Lipinski definition) is 3. The lowest BCUT2D eigenvalue weighted by Crippen LogP contribution is -2.46. The van der Waals surface area contributed by atoms with E-state index in [0.29, 0.717) is 12.1 Å². The average Bonchev–Trinajstić information content (AvgIpc) is 3.31. The smallest absolute Gasteiger partial charge is 0.335 e. The molecular formula is C28H44F2N2O3. The molecule has 1 heterocycles. The zero-order chi connectivity index (χ0) is 25.7. The van der Waals surface area contributed by atoms with Crippen LogP contribution < -0.4 is 5.32 Å². The van der Waals surface area contributed by atoms with E-state index in [2.05, 4.69) is 17.2 Å². The minimum Gasteiger partial charge on any atom is -0.478 e. The molecule has 0 atom stereocenters. The fourth-order valence-electron chi connectivity index (χ4n) is 4.74. The zero-order valence-electron chi connectivity index (χ0n) is 21.5. The SMILES string of the molecule is CCCCCCCCCCNCC1(O)CCC(F)(F)CC1.CCc1c(C(=O)O)ccc2[nH]ccc12. The van der Waals surface area contributed by atoms with Gasteiger partial charge in [0.05, 0.1) is 11.2 Å². The summed E-state index contributed by atoms with van der Waals surface area (Å²) in [5.74, 6) is -3.42. The van der Waals surface area contributed by atoms with Crippen molar-refractivity contribution in [3.05, 3.63) is 35.5 Å². The Balaban J connectivity index is 0.000000266. The van der Waals surface area contributed by atoms with E-state index in [4.69, 9.17) is 5.11 Å². The Morgan fingerprint density at radius 1 is 0.971 bits per heavy atom. The summed E-state index contributed by atoms with van der Waals surface area (Å²) in [7, 11) is 0. The highest BCUT2D eigenvalue weighted by molar-refractivity contribution is 5.97. The van der Waals surface area contributed by atoms with Crippen molar-refractivity contribution in [2.24, 2.45) is 0 Å². The second-order valence-electron chi connectivity index (χ2n) is 9.92. The molecule has 35 heavy (non-hydrogen) atoms. The first kappa shape index (κ1) is 29.2. The van der Waals surface area contributed by atoms with Gasteiger partial charge in [0, 0.05) is 36.5 Å². The van der Waals surface area contributed by atoms with E-state index >= 15 is 0 Å². The number of hydrogen-bond donors (Lipinski definition) is 4. The van der Waals surface area contributed by atoms with Gasteiger partial charge < -0.3 is 20.5 Å². The van der Waals surface area contributed by atoms with Gasteiger partial charge in [-0.15, -0.1) is 0 Å². The maximum Gasteiger partial charge on any atom is 0.335 e. The van der Waals surface area contributed by atoms with Crippen LogP contribution in [-0.2, 0) is 6.42 Å². The van der Waals surface area contributed by atoms with Gasteiger partial charge >= 0.3 is 5.97 Å². The summed E-state index contributed by atoms with van der Waals surface area (Å²) < 4.78 is 26.1. The number of aryl methyl sites for hydroxylation is 1. The van der Waals surface area contributed by atoms with Crippen molar-refractivity contribution >= 4 is 16.9 Å². The van der Waals surface area contributed by atoms with Crippen LogP contribution in [0.2, 0.25) is 0 Å². The minimum absolute atomic E-state index is 0.178. The van der Waals surface area contributed by atoms with Gasteiger partial charge in [0.25, 0.3) is 0 Å². The number of fused-ring (bicyclic) bond motifs is 1. The van der Waals surface area contributed by atoms with Crippen LogP contribution in [0.4, 0.5) is 8.78 Å². The van der Waals surface area contributed by atoms with Crippen LogP contribution in [0.15, 0.2) is 24.4 Å². The first-order valence-electron chi connectivity index (χ1n) is 13.3. The molecule has 1 fully saturated rings. The van der Waals surface area contributed by atoms with Crippen molar-refractivity contribution in [1.29, 1.82) is 0 Å². The second kappa shape index (κ2) is 14.5. The van der Waals surface area contributed by atoms with Crippen LogP contribution >= 0.6 is 0 Å². The summed E-state index contributed by atoms with van der Waals surface area (Å²) in [4.78, 5) is 14.0. The van der Waals surface area contributed by atoms with Gasteiger partial charge in [-0.05, 0) is 56.0 Å². The van der Waals surface area contributed by atoms with E-state index in [1.807, 2.05) is 19.2 Å². The number of aliphatic hydroxyl groups is 1. The molecule has 1 saturated carbocycles. The van der Waals surface area contributed by atoms with Crippen molar-refractivity contribution in [2.75, 3.05) is 13.1 Å². The largest absolute Gasteiger partial charge is 0.478 e. The molecule has 0 radical (unpaired) electrons. The van der Waals surface area contributed by atoms with Gasteiger partial charge in [0.1, 0.15) is 0 Å². The maximum atomic E-state index is 13.1. The molecule has 0 amide bonds. The number of nitrogens with one attached hydrogen (secondary N) is 2. The quantitative estimate of drug-likeness (QED) is 0.224. The highest BCUT2D eigenvalue weighted by atomic mass is 19.3. The Labute approximate surface area is 208 Å². The van der Waals surface area contributed by atoms with Crippen LogP contribution in [0.3, 0.4) is 0 Å². The Bertz CT molecular complexity index is 887. The molecule has 1 aromatic heterocycles. The van der Waals surface area contributed by atoms with Gasteiger partial charge in [0.15, 0.2) is 0 Å². The van der Waals surface area contributed by atoms with Crippen molar-refractivity contribution in [1.82, 2.24) is 10.3 Å². The van der Waals surface area contributed by atoms with E-state index in [-0.39, 0.29) is 25.7 Å².